The molecule has 2 N–H and O–H groups in total. The highest BCUT2D eigenvalue weighted by Gasteiger charge is 2.11. The summed E-state index contributed by atoms with van der Waals surface area (Å²) in [6.07, 6.45) is 4.99. The second-order valence-corrected chi connectivity index (χ2v) is 4.51. The van der Waals surface area contributed by atoms with Crippen LogP contribution in [0.2, 0.25) is 0 Å². The van der Waals surface area contributed by atoms with Crippen LogP contribution < -0.4 is 5.73 Å². The number of rotatable bonds is 8. The Morgan fingerprint density at radius 2 is 1.94 bits per heavy atom. The second-order valence-electron chi connectivity index (χ2n) is 4.51. The van der Waals surface area contributed by atoms with E-state index in [1.165, 1.54) is 30.4 Å². The number of aryl methyl sites for hydroxylation is 1. The van der Waals surface area contributed by atoms with Crippen LogP contribution in [0.1, 0.15) is 49.8 Å². The first-order valence-corrected chi connectivity index (χ1v) is 6.66. The van der Waals surface area contributed by atoms with Gasteiger partial charge in [0.25, 0.3) is 0 Å². The van der Waals surface area contributed by atoms with E-state index in [9.17, 15) is 0 Å². The first-order chi connectivity index (χ1) is 8.29. The number of unbranched alkanes of at least 4 members (excludes halogenated alkanes) is 3. The number of hydrogen-bond donors (Lipinski definition) is 1. The van der Waals surface area contributed by atoms with Gasteiger partial charge in [0.15, 0.2) is 0 Å². The van der Waals surface area contributed by atoms with Crippen LogP contribution >= 0.6 is 0 Å². The van der Waals surface area contributed by atoms with Crippen LogP contribution in [0.25, 0.3) is 0 Å². The van der Waals surface area contributed by atoms with E-state index in [1.54, 1.807) is 0 Å². The fraction of sp³-hybridized carbons (Fsp3) is 0.600. The summed E-state index contributed by atoms with van der Waals surface area (Å²) < 4.78 is 5.88. The van der Waals surface area contributed by atoms with Gasteiger partial charge in [0, 0.05) is 13.2 Å². The molecule has 0 aliphatic carbocycles. The Morgan fingerprint density at radius 1 is 1.18 bits per heavy atom. The van der Waals surface area contributed by atoms with Gasteiger partial charge in [-0.25, -0.2) is 0 Å². The number of benzene rings is 1. The minimum absolute atomic E-state index is 0.0535. The molecule has 17 heavy (non-hydrogen) atoms. The molecule has 1 aromatic rings. The van der Waals surface area contributed by atoms with Crippen LogP contribution in [-0.2, 0) is 4.74 Å². The molecule has 1 unspecified atom stereocenters. The lowest BCUT2D eigenvalue weighted by Gasteiger charge is -2.18. The third-order valence-electron chi connectivity index (χ3n) is 3.07. The number of nitrogens with two attached hydrogens (primary N) is 1. The highest BCUT2D eigenvalue weighted by molar-refractivity contribution is 5.27. The number of ether oxygens (including phenoxy) is 1. The average Bonchev–Trinajstić information content (AvgIpc) is 2.35. The van der Waals surface area contributed by atoms with Crippen LogP contribution in [0.15, 0.2) is 24.3 Å². The average molecular weight is 235 g/mol. The van der Waals surface area contributed by atoms with Gasteiger partial charge in [0.1, 0.15) is 0 Å². The zero-order chi connectivity index (χ0) is 12.5. The Bertz CT molecular complexity index is 312. The van der Waals surface area contributed by atoms with E-state index >= 15 is 0 Å². The molecule has 0 aromatic heterocycles. The van der Waals surface area contributed by atoms with E-state index in [0.29, 0.717) is 6.54 Å². The Labute approximate surface area is 105 Å². The Hall–Kier alpha value is -0.860. The van der Waals surface area contributed by atoms with Crippen molar-refractivity contribution < 1.29 is 4.74 Å². The monoisotopic (exact) mass is 235 g/mol. The topological polar surface area (TPSA) is 35.2 Å². The molecular weight excluding hydrogens is 210 g/mol. The van der Waals surface area contributed by atoms with Gasteiger partial charge in [0.2, 0.25) is 0 Å². The summed E-state index contributed by atoms with van der Waals surface area (Å²) in [6, 6.07) is 8.32. The molecule has 1 aromatic carbocycles. The van der Waals surface area contributed by atoms with Gasteiger partial charge in [-0.15, -0.1) is 0 Å². The summed E-state index contributed by atoms with van der Waals surface area (Å²) in [7, 11) is 0. The first kappa shape index (κ1) is 14.2. The minimum Gasteiger partial charge on any atom is -0.372 e. The molecule has 1 rings (SSSR count). The van der Waals surface area contributed by atoms with Crippen molar-refractivity contribution in [1.29, 1.82) is 0 Å². The fourth-order valence-corrected chi connectivity index (χ4v) is 1.99. The normalized spacial score (nSPS) is 12.6. The third kappa shape index (κ3) is 4.88. The summed E-state index contributed by atoms with van der Waals surface area (Å²) in [5.74, 6) is 0. The molecule has 0 spiro atoms. The lowest BCUT2D eigenvalue weighted by molar-refractivity contribution is 0.0554. The molecule has 0 bridgehead atoms. The summed E-state index contributed by atoms with van der Waals surface area (Å²) in [5.41, 5.74) is 8.28. The van der Waals surface area contributed by atoms with E-state index in [0.717, 1.165) is 13.0 Å². The van der Waals surface area contributed by atoms with Gasteiger partial charge >= 0.3 is 0 Å². The SMILES string of the molecule is CCCCCCOC(CN)c1ccccc1C. The molecule has 1 atom stereocenters. The van der Waals surface area contributed by atoms with Gasteiger partial charge in [-0.1, -0.05) is 50.5 Å². The van der Waals surface area contributed by atoms with Crippen molar-refractivity contribution in [2.45, 2.75) is 45.6 Å². The number of hydrogen-bond acceptors (Lipinski definition) is 2. The standard InChI is InChI=1S/C15H25NO/c1-3-4-5-8-11-17-15(12-16)14-10-7-6-9-13(14)2/h6-7,9-10,15H,3-5,8,11-12,16H2,1-2H3. The highest BCUT2D eigenvalue weighted by Crippen LogP contribution is 2.20. The molecule has 0 aliphatic heterocycles. The van der Waals surface area contributed by atoms with Gasteiger partial charge in [-0.3, -0.25) is 0 Å². The minimum atomic E-state index is 0.0535. The molecule has 0 heterocycles. The zero-order valence-corrected chi connectivity index (χ0v) is 11.1. The van der Waals surface area contributed by atoms with Crippen molar-refractivity contribution in [2.75, 3.05) is 13.2 Å². The molecule has 0 amide bonds. The van der Waals surface area contributed by atoms with Crippen molar-refractivity contribution in [3.05, 3.63) is 35.4 Å². The Morgan fingerprint density at radius 3 is 2.59 bits per heavy atom. The van der Waals surface area contributed by atoms with Crippen LogP contribution in [0, 0.1) is 6.92 Å². The van der Waals surface area contributed by atoms with Crippen molar-refractivity contribution in [3.63, 3.8) is 0 Å². The maximum absolute atomic E-state index is 5.88. The third-order valence-corrected chi connectivity index (χ3v) is 3.07. The maximum atomic E-state index is 5.88. The lowest BCUT2D eigenvalue weighted by atomic mass is 10.0. The summed E-state index contributed by atoms with van der Waals surface area (Å²) in [4.78, 5) is 0. The summed E-state index contributed by atoms with van der Waals surface area (Å²) >= 11 is 0. The van der Waals surface area contributed by atoms with Crippen molar-refractivity contribution >= 4 is 0 Å². The van der Waals surface area contributed by atoms with Crippen molar-refractivity contribution in [2.24, 2.45) is 5.73 Å². The largest absolute Gasteiger partial charge is 0.372 e. The van der Waals surface area contributed by atoms with E-state index in [4.69, 9.17) is 10.5 Å². The molecular formula is C15H25NO. The van der Waals surface area contributed by atoms with Gasteiger partial charge in [-0.2, -0.15) is 0 Å². The predicted molar refractivity (Wildman–Crippen MR) is 73.1 cm³/mol. The van der Waals surface area contributed by atoms with Gasteiger partial charge < -0.3 is 10.5 Å². The molecule has 2 heteroatoms. The summed E-state index contributed by atoms with van der Waals surface area (Å²) in [5, 5.41) is 0. The van der Waals surface area contributed by atoms with E-state index in [-0.39, 0.29) is 6.10 Å². The van der Waals surface area contributed by atoms with Gasteiger partial charge in [0.05, 0.1) is 6.10 Å². The molecule has 0 saturated carbocycles. The van der Waals surface area contributed by atoms with Crippen LogP contribution in [0.5, 0.6) is 0 Å². The van der Waals surface area contributed by atoms with E-state index in [2.05, 4.69) is 26.0 Å². The summed E-state index contributed by atoms with van der Waals surface area (Å²) in [6.45, 7) is 5.70. The second kappa shape index (κ2) is 8.26. The van der Waals surface area contributed by atoms with E-state index in [1.807, 2.05) is 12.1 Å². The van der Waals surface area contributed by atoms with Crippen molar-refractivity contribution in [1.82, 2.24) is 0 Å². The highest BCUT2D eigenvalue weighted by atomic mass is 16.5. The van der Waals surface area contributed by atoms with Crippen LogP contribution in [0.3, 0.4) is 0 Å². The molecule has 0 saturated heterocycles. The molecule has 0 fully saturated rings. The van der Waals surface area contributed by atoms with E-state index < -0.39 is 0 Å². The molecule has 0 aliphatic rings. The molecule has 0 radical (unpaired) electrons. The van der Waals surface area contributed by atoms with Gasteiger partial charge in [-0.05, 0) is 24.5 Å². The molecule has 96 valence electrons. The van der Waals surface area contributed by atoms with Crippen LogP contribution in [0.4, 0.5) is 0 Å². The quantitative estimate of drug-likeness (QED) is 0.699. The lowest BCUT2D eigenvalue weighted by Crippen LogP contribution is -2.17. The molecule has 2 nitrogen and oxygen atoms in total. The smallest absolute Gasteiger partial charge is 0.0949 e. The maximum Gasteiger partial charge on any atom is 0.0949 e. The Balaban J connectivity index is 2.41. The van der Waals surface area contributed by atoms with Crippen LogP contribution in [-0.4, -0.2) is 13.2 Å². The Kier molecular flexibility index (Phi) is 6.90. The predicted octanol–water partition coefficient (Wildman–Crippen LogP) is 3.59. The zero-order valence-electron chi connectivity index (χ0n) is 11.1. The fourth-order valence-electron chi connectivity index (χ4n) is 1.99. The first-order valence-electron chi connectivity index (χ1n) is 6.66. The van der Waals surface area contributed by atoms with Crippen molar-refractivity contribution in [3.8, 4) is 0 Å².